The van der Waals surface area contributed by atoms with E-state index in [1.54, 1.807) is 0 Å². The number of carbonyl (C=O) groups is 1. The molecule has 0 aliphatic carbocycles. The van der Waals surface area contributed by atoms with Gasteiger partial charge >= 0.3 is 12.1 Å². The van der Waals surface area contributed by atoms with Gasteiger partial charge in [-0.25, -0.2) is 8.42 Å². The van der Waals surface area contributed by atoms with Crippen molar-refractivity contribution >= 4 is 39.0 Å². The number of non-ortho nitro benzene ring substituents is 1. The highest BCUT2D eigenvalue weighted by atomic mass is 35.5. The molecule has 150 valence electrons. The Labute approximate surface area is 161 Å². The van der Waals surface area contributed by atoms with Crippen LogP contribution in [0.3, 0.4) is 0 Å². The molecule has 0 aliphatic rings. The highest BCUT2D eigenvalue weighted by molar-refractivity contribution is 7.92. The first kappa shape index (κ1) is 21.4. The van der Waals surface area contributed by atoms with Gasteiger partial charge in [0.1, 0.15) is 6.54 Å². The topological polar surface area (TPSA) is 118 Å². The van der Waals surface area contributed by atoms with E-state index in [2.05, 4.69) is 0 Å². The van der Waals surface area contributed by atoms with Gasteiger partial charge in [0.05, 0.1) is 26.1 Å². The molecule has 1 N–H and O–H groups in total. The van der Waals surface area contributed by atoms with Crippen LogP contribution in [0.1, 0.15) is 5.56 Å². The van der Waals surface area contributed by atoms with E-state index in [9.17, 15) is 36.5 Å². The van der Waals surface area contributed by atoms with Gasteiger partial charge in [0.15, 0.2) is 0 Å². The molecule has 0 amide bonds. The van der Waals surface area contributed by atoms with E-state index >= 15 is 0 Å². The Kier molecular flexibility index (Phi) is 5.85. The van der Waals surface area contributed by atoms with Gasteiger partial charge < -0.3 is 5.11 Å². The number of halogens is 4. The molecule has 0 saturated heterocycles. The summed E-state index contributed by atoms with van der Waals surface area (Å²) in [5.41, 5.74) is -2.59. The van der Waals surface area contributed by atoms with E-state index in [0.717, 1.165) is 24.3 Å². The van der Waals surface area contributed by atoms with Crippen LogP contribution in [0.5, 0.6) is 0 Å². The third kappa shape index (κ3) is 4.51. The lowest BCUT2D eigenvalue weighted by Gasteiger charge is -2.24. The van der Waals surface area contributed by atoms with E-state index in [0.29, 0.717) is 18.2 Å². The van der Waals surface area contributed by atoms with Gasteiger partial charge in [0.25, 0.3) is 15.7 Å². The number of sulfonamides is 1. The molecule has 0 heterocycles. The number of hydrogen-bond donors (Lipinski definition) is 1. The number of anilines is 1. The fourth-order valence-corrected chi connectivity index (χ4v) is 3.92. The third-order valence-electron chi connectivity index (χ3n) is 3.44. The van der Waals surface area contributed by atoms with Crippen LogP contribution >= 0.6 is 11.6 Å². The zero-order valence-corrected chi connectivity index (χ0v) is 15.1. The summed E-state index contributed by atoms with van der Waals surface area (Å²) in [6.07, 6.45) is -4.84. The molecule has 13 heteroatoms. The van der Waals surface area contributed by atoms with Crippen LogP contribution in [0.25, 0.3) is 0 Å². The fourth-order valence-electron chi connectivity index (χ4n) is 2.19. The molecule has 0 radical (unpaired) electrons. The minimum absolute atomic E-state index is 0.145. The maximum atomic E-state index is 13.0. The van der Waals surface area contributed by atoms with Crippen molar-refractivity contribution in [1.29, 1.82) is 0 Å². The van der Waals surface area contributed by atoms with E-state index < -0.39 is 60.5 Å². The van der Waals surface area contributed by atoms with Gasteiger partial charge in [-0.05, 0) is 24.3 Å². The molecular formula is C15H10ClF3N2O6S. The van der Waals surface area contributed by atoms with Gasteiger partial charge in [0.2, 0.25) is 0 Å². The molecule has 8 nitrogen and oxygen atoms in total. The number of nitro groups is 1. The molecule has 2 aromatic carbocycles. The number of nitrogens with zero attached hydrogens (tertiary/aromatic N) is 2. The first-order valence-corrected chi connectivity index (χ1v) is 9.01. The highest BCUT2D eigenvalue weighted by Crippen LogP contribution is 2.37. The molecule has 2 aromatic rings. The van der Waals surface area contributed by atoms with E-state index in [1.807, 2.05) is 0 Å². The van der Waals surface area contributed by atoms with Crippen molar-refractivity contribution in [2.75, 3.05) is 10.8 Å². The summed E-state index contributed by atoms with van der Waals surface area (Å²) >= 11 is 5.83. The number of carboxylic acids is 1. The molecule has 28 heavy (non-hydrogen) atoms. The lowest BCUT2D eigenvalue weighted by atomic mass is 10.2. The summed E-state index contributed by atoms with van der Waals surface area (Å²) < 4.78 is 64.8. The molecule has 0 saturated carbocycles. The SMILES string of the molecule is O=C(O)CN(c1cc(C(F)(F)F)ccc1Cl)S(=O)(=O)c1cccc([N+](=O)[O-])c1. The largest absolute Gasteiger partial charge is 0.480 e. The average Bonchev–Trinajstić information content (AvgIpc) is 2.59. The molecule has 0 atom stereocenters. The number of benzene rings is 2. The lowest BCUT2D eigenvalue weighted by Crippen LogP contribution is -2.36. The minimum atomic E-state index is -4.84. The van der Waals surface area contributed by atoms with Crippen LogP contribution in [0.2, 0.25) is 5.02 Å². The van der Waals surface area contributed by atoms with Gasteiger partial charge in [0, 0.05) is 12.1 Å². The van der Waals surface area contributed by atoms with Gasteiger partial charge in [-0.1, -0.05) is 17.7 Å². The van der Waals surface area contributed by atoms with Crippen LogP contribution in [0, 0.1) is 10.1 Å². The van der Waals surface area contributed by atoms with Crippen LogP contribution in [0.4, 0.5) is 24.5 Å². The third-order valence-corrected chi connectivity index (χ3v) is 5.51. The van der Waals surface area contributed by atoms with Crippen LogP contribution in [0.15, 0.2) is 47.4 Å². The summed E-state index contributed by atoms with van der Waals surface area (Å²) in [4.78, 5) is 20.5. The van der Waals surface area contributed by atoms with E-state index in [-0.39, 0.29) is 4.31 Å². The number of nitro benzene ring substituents is 1. The zero-order chi connectivity index (χ0) is 21.3. The van der Waals surface area contributed by atoms with Gasteiger partial charge in [-0.15, -0.1) is 0 Å². The number of aliphatic carboxylic acids is 1. The second-order valence-electron chi connectivity index (χ2n) is 5.32. The Hall–Kier alpha value is -2.86. The Bertz CT molecular complexity index is 1040. The van der Waals surface area contributed by atoms with Gasteiger partial charge in [-0.2, -0.15) is 13.2 Å². The summed E-state index contributed by atoms with van der Waals surface area (Å²) in [6, 6.07) is 5.41. The maximum Gasteiger partial charge on any atom is 0.416 e. The molecule has 0 fully saturated rings. The quantitative estimate of drug-likeness (QED) is 0.544. The number of carboxylic acid groups (broad SMARTS) is 1. The standard InChI is InChI=1S/C15H10ClF3N2O6S/c16-12-5-4-9(15(17,18)19)6-13(12)20(8-14(22)23)28(26,27)11-3-1-2-10(7-11)21(24)25/h1-7H,8H2,(H,22,23). The first-order valence-electron chi connectivity index (χ1n) is 7.20. The van der Waals surface area contributed by atoms with Crippen molar-refractivity contribution in [3.8, 4) is 0 Å². The second kappa shape index (κ2) is 7.64. The number of hydrogen-bond acceptors (Lipinski definition) is 5. The predicted molar refractivity (Wildman–Crippen MR) is 91.7 cm³/mol. The molecule has 0 spiro atoms. The van der Waals surface area contributed by atoms with Gasteiger partial charge in [-0.3, -0.25) is 19.2 Å². The van der Waals surface area contributed by atoms with Crippen LogP contribution < -0.4 is 4.31 Å². The van der Waals surface area contributed by atoms with Crippen molar-refractivity contribution in [3.05, 3.63) is 63.2 Å². The average molecular weight is 439 g/mol. The Morgan fingerprint density at radius 1 is 1.21 bits per heavy atom. The maximum absolute atomic E-state index is 13.0. The van der Waals surface area contributed by atoms with Crippen molar-refractivity contribution in [2.24, 2.45) is 0 Å². The van der Waals surface area contributed by atoms with Crippen molar-refractivity contribution in [3.63, 3.8) is 0 Å². The first-order chi connectivity index (χ1) is 12.8. The molecule has 0 unspecified atom stereocenters. The summed E-state index contributed by atoms with van der Waals surface area (Å²) in [5, 5.41) is 19.4. The van der Waals surface area contributed by atoms with Crippen molar-refractivity contribution in [2.45, 2.75) is 11.1 Å². The number of rotatable bonds is 6. The Morgan fingerprint density at radius 2 is 1.86 bits per heavy atom. The van der Waals surface area contributed by atoms with E-state index in [1.165, 1.54) is 0 Å². The second-order valence-corrected chi connectivity index (χ2v) is 7.59. The summed E-state index contributed by atoms with van der Waals surface area (Å²) in [7, 11) is -4.79. The fraction of sp³-hybridized carbons (Fsp3) is 0.133. The highest BCUT2D eigenvalue weighted by Gasteiger charge is 2.34. The molecule has 0 aliphatic heterocycles. The monoisotopic (exact) mass is 438 g/mol. The normalized spacial score (nSPS) is 11.9. The Morgan fingerprint density at radius 3 is 2.39 bits per heavy atom. The molecular weight excluding hydrogens is 429 g/mol. The van der Waals surface area contributed by atoms with Crippen molar-refractivity contribution in [1.82, 2.24) is 0 Å². The molecule has 2 rings (SSSR count). The lowest BCUT2D eigenvalue weighted by molar-refractivity contribution is -0.385. The Balaban J connectivity index is 2.69. The summed E-state index contributed by atoms with van der Waals surface area (Å²) in [5.74, 6) is -1.68. The van der Waals surface area contributed by atoms with Crippen LogP contribution in [-0.2, 0) is 21.0 Å². The molecule has 0 aromatic heterocycles. The minimum Gasteiger partial charge on any atom is -0.480 e. The van der Waals surface area contributed by atoms with E-state index in [4.69, 9.17) is 16.7 Å². The number of alkyl halides is 3. The zero-order valence-electron chi connectivity index (χ0n) is 13.6. The van der Waals surface area contributed by atoms with Crippen LogP contribution in [-0.4, -0.2) is 31.0 Å². The van der Waals surface area contributed by atoms with Crippen molar-refractivity contribution < 1.29 is 36.4 Å². The smallest absolute Gasteiger partial charge is 0.416 e. The molecule has 0 bridgehead atoms. The summed E-state index contributed by atoms with van der Waals surface area (Å²) in [6.45, 7) is -1.26. The predicted octanol–water partition coefficient (Wildman–Crippen LogP) is 3.55.